The lowest BCUT2D eigenvalue weighted by Crippen LogP contribution is -2.43. The second-order valence-electron chi connectivity index (χ2n) is 4.67. The third-order valence-corrected chi connectivity index (χ3v) is 3.90. The molecule has 1 aliphatic carbocycles. The number of esters is 1. The largest absolute Gasteiger partial charge is 0.508 e. The van der Waals surface area contributed by atoms with E-state index in [0.717, 1.165) is 0 Å². The highest BCUT2D eigenvalue weighted by molar-refractivity contribution is 5.81. The number of carbonyl (C=O) groups excluding carboxylic acids is 2. The van der Waals surface area contributed by atoms with Gasteiger partial charge in [0.15, 0.2) is 5.41 Å². The smallest absolute Gasteiger partial charge is 0.468 e. The van der Waals surface area contributed by atoms with Gasteiger partial charge in [0.25, 0.3) is 0 Å². The van der Waals surface area contributed by atoms with Gasteiger partial charge in [0, 0.05) is 5.92 Å². The van der Waals surface area contributed by atoms with Crippen LogP contribution in [0.15, 0.2) is 0 Å². The van der Waals surface area contributed by atoms with E-state index in [4.69, 9.17) is 9.47 Å². The Morgan fingerprint density at radius 2 is 1.89 bits per heavy atom. The summed E-state index contributed by atoms with van der Waals surface area (Å²) in [6, 6.07) is 2.02. The van der Waals surface area contributed by atoms with Crippen molar-refractivity contribution in [3.63, 3.8) is 0 Å². The molecule has 3 atom stereocenters. The van der Waals surface area contributed by atoms with Gasteiger partial charge in [-0.3, -0.25) is 4.79 Å². The number of nitrogens with zero attached hydrogens (tertiary/aromatic N) is 1. The number of rotatable bonds is 2. The lowest BCUT2D eigenvalue weighted by atomic mass is 9.76. The van der Waals surface area contributed by atoms with Crippen LogP contribution in [0.1, 0.15) is 26.7 Å². The number of nitriles is 1. The summed E-state index contributed by atoms with van der Waals surface area (Å²) in [5, 5.41) is 9.29. The zero-order chi connectivity index (χ0) is 14.0. The Morgan fingerprint density at radius 1 is 1.28 bits per heavy atom. The van der Waals surface area contributed by atoms with Crippen molar-refractivity contribution in [2.75, 3.05) is 14.2 Å². The van der Waals surface area contributed by atoms with E-state index in [2.05, 4.69) is 4.74 Å². The molecule has 0 amide bonds. The van der Waals surface area contributed by atoms with Crippen LogP contribution in [0.2, 0.25) is 0 Å². The van der Waals surface area contributed by atoms with Crippen LogP contribution in [-0.2, 0) is 19.0 Å². The van der Waals surface area contributed by atoms with Crippen LogP contribution in [-0.4, -0.2) is 31.9 Å². The summed E-state index contributed by atoms with van der Waals surface area (Å²) >= 11 is 0. The Morgan fingerprint density at radius 3 is 2.33 bits per heavy atom. The molecule has 1 rings (SSSR count). The lowest BCUT2D eigenvalue weighted by Gasteiger charge is -2.32. The minimum atomic E-state index is -1.27. The summed E-state index contributed by atoms with van der Waals surface area (Å²) in [4.78, 5) is 23.0. The van der Waals surface area contributed by atoms with E-state index in [1.165, 1.54) is 14.2 Å². The highest BCUT2D eigenvalue weighted by Crippen LogP contribution is 2.51. The summed E-state index contributed by atoms with van der Waals surface area (Å²) in [5.41, 5.74) is -2.17. The summed E-state index contributed by atoms with van der Waals surface area (Å²) in [7, 11) is 2.45. The molecule has 0 radical (unpaired) electrons. The Balaban J connectivity index is 3.02. The molecule has 0 N–H and O–H groups in total. The molecule has 100 valence electrons. The van der Waals surface area contributed by atoms with Crippen molar-refractivity contribution in [3.05, 3.63) is 0 Å². The second kappa shape index (κ2) is 4.84. The summed E-state index contributed by atoms with van der Waals surface area (Å²) in [6.07, 6.45) is -0.112. The van der Waals surface area contributed by atoms with Gasteiger partial charge in [-0.15, -0.1) is 0 Å². The Bertz CT molecular complexity index is 402. The van der Waals surface area contributed by atoms with E-state index in [1.807, 2.05) is 6.07 Å². The predicted octanol–water partition coefficient (Wildman–Crippen LogP) is 1.64. The molecule has 0 aromatic heterocycles. The van der Waals surface area contributed by atoms with E-state index >= 15 is 0 Å². The molecule has 0 saturated heterocycles. The zero-order valence-electron chi connectivity index (χ0n) is 11.0. The van der Waals surface area contributed by atoms with Crippen molar-refractivity contribution in [3.8, 4) is 6.07 Å². The molecule has 1 saturated carbocycles. The van der Waals surface area contributed by atoms with Crippen molar-refractivity contribution in [2.45, 2.75) is 32.3 Å². The maximum atomic E-state index is 11.8. The molecule has 6 nitrogen and oxygen atoms in total. The monoisotopic (exact) mass is 255 g/mol. The van der Waals surface area contributed by atoms with Crippen molar-refractivity contribution in [2.24, 2.45) is 11.3 Å². The Labute approximate surface area is 106 Å². The van der Waals surface area contributed by atoms with Gasteiger partial charge in [-0.2, -0.15) is 5.26 Å². The standard InChI is InChI=1S/C12H17NO5/c1-8-11(2,18-10(15)17-4)5-6-12(8,7-13)9(14)16-3/h8H,5-6H2,1-4H3/t8-,11-,12+/m1/s1. The fourth-order valence-electron chi connectivity index (χ4n) is 2.43. The summed E-state index contributed by atoms with van der Waals surface area (Å²) in [6.45, 7) is 3.40. The van der Waals surface area contributed by atoms with Gasteiger partial charge in [-0.25, -0.2) is 4.79 Å². The number of carbonyl (C=O) groups is 2. The van der Waals surface area contributed by atoms with Crippen LogP contribution in [0.4, 0.5) is 4.79 Å². The highest BCUT2D eigenvalue weighted by Gasteiger charge is 2.60. The van der Waals surface area contributed by atoms with E-state index in [9.17, 15) is 14.9 Å². The van der Waals surface area contributed by atoms with Gasteiger partial charge in [-0.1, -0.05) is 6.92 Å². The average Bonchev–Trinajstić information content (AvgIpc) is 2.62. The van der Waals surface area contributed by atoms with Gasteiger partial charge in [-0.05, 0) is 19.8 Å². The first-order valence-electron chi connectivity index (χ1n) is 5.63. The molecule has 0 aromatic carbocycles. The van der Waals surface area contributed by atoms with Gasteiger partial charge < -0.3 is 14.2 Å². The molecule has 0 heterocycles. The van der Waals surface area contributed by atoms with Crippen LogP contribution in [0.5, 0.6) is 0 Å². The van der Waals surface area contributed by atoms with E-state index < -0.39 is 29.1 Å². The maximum Gasteiger partial charge on any atom is 0.508 e. The highest BCUT2D eigenvalue weighted by atomic mass is 16.7. The van der Waals surface area contributed by atoms with Gasteiger partial charge in [0.1, 0.15) is 5.60 Å². The van der Waals surface area contributed by atoms with E-state index in [0.29, 0.717) is 12.8 Å². The van der Waals surface area contributed by atoms with Gasteiger partial charge in [0.2, 0.25) is 0 Å². The lowest BCUT2D eigenvalue weighted by molar-refractivity contribution is -0.153. The van der Waals surface area contributed by atoms with Crippen LogP contribution in [0.25, 0.3) is 0 Å². The molecule has 1 aliphatic rings. The molecular formula is C12H17NO5. The first-order valence-corrected chi connectivity index (χ1v) is 5.63. The van der Waals surface area contributed by atoms with Crippen LogP contribution >= 0.6 is 0 Å². The van der Waals surface area contributed by atoms with Crippen LogP contribution in [0.3, 0.4) is 0 Å². The first kappa shape index (κ1) is 14.3. The number of hydrogen-bond acceptors (Lipinski definition) is 6. The van der Waals surface area contributed by atoms with E-state index in [-0.39, 0.29) is 0 Å². The molecule has 6 heteroatoms. The fraction of sp³-hybridized carbons (Fsp3) is 0.750. The van der Waals surface area contributed by atoms with Crippen LogP contribution < -0.4 is 0 Å². The van der Waals surface area contributed by atoms with Crippen molar-refractivity contribution in [1.29, 1.82) is 5.26 Å². The molecule has 0 aliphatic heterocycles. The average molecular weight is 255 g/mol. The minimum Gasteiger partial charge on any atom is -0.468 e. The van der Waals surface area contributed by atoms with Gasteiger partial charge in [0.05, 0.1) is 20.3 Å². The van der Waals surface area contributed by atoms with Crippen LogP contribution in [0, 0.1) is 22.7 Å². The van der Waals surface area contributed by atoms with Crippen molar-refractivity contribution in [1.82, 2.24) is 0 Å². The van der Waals surface area contributed by atoms with Crippen molar-refractivity contribution < 1.29 is 23.8 Å². The number of methoxy groups -OCH3 is 2. The van der Waals surface area contributed by atoms with Crippen molar-refractivity contribution >= 4 is 12.1 Å². The molecular weight excluding hydrogens is 238 g/mol. The van der Waals surface area contributed by atoms with E-state index in [1.54, 1.807) is 13.8 Å². The molecule has 0 unspecified atom stereocenters. The normalized spacial score (nSPS) is 34.5. The number of hydrogen-bond donors (Lipinski definition) is 0. The quantitative estimate of drug-likeness (QED) is 0.697. The molecule has 0 bridgehead atoms. The topological polar surface area (TPSA) is 85.6 Å². The fourth-order valence-corrected chi connectivity index (χ4v) is 2.43. The first-order chi connectivity index (χ1) is 8.36. The third-order valence-electron chi connectivity index (χ3n) is 3.90. The molecule has 1 fully saturated rings. The second-order valence-corrected chi connectivity index (χ2v) is 4.67. The molecule has 18 heavy (non-hydrogen) atoms. The Hall–Kier alpha value is -1.77. The predicted molar refractivity (Wildman–Crippen MR) is 60.4 cm³/mol. The summed E-state index contributed by atoms with van der Waals surface area (Å²) in [5.74, 6) is -1.06. The summed E-state index contributed by atoms with van der Waals surface area (Å²) < 4.78 is 14.3. The third kappa shape index (κ3) is 2.01. The SMILES string of the molecule is COC(=O)O[C@]1(C)CC[C@@](C#N)(C(=O)OC)[C@@H]1C. The molecule has 0 aromatic rings. The minimum absolute atomic E-state index is 0.296. The van der Waals surface area contributed by atoms with Gasteiger partial charge >= 0.3 is 12.1 Å². The molecule has 0 spiro atoms. The maximum absolute atomic E-state index is 11.8. The Kier molecular flexibility index (Phi) is 3.85. The zero-order valence-corrected chi connectivity index (χ0v) is 11.0. The number of ether oxygens (including phenoxy) is 3.